The van der Waals surface area contributed by atoms with Gasteiger partial charge in [-0.3, -0.25) is 4.98 Å². The van der Waals surface area contributed by atoms with Gasteiger partial charge in [0.1, 0.15) is 0 Å². The maximum absolute atomic E-state index is 4.65. The minimum Gasteiger partial charge on any atom is -0.380 e. The molecule has 0 aliphatic rings. The van der Waals surface area contributed by atoms with E-state index in [1.54, 1.807) is 0 Å². The molecule has 0 amide bonds. The fraction of sp³-hybridized carbons (Fsp3) is 0.167. The van der Waals surface area contributed by atoms with Crippen LogP contribution in [0, 0.1) is 25.8 Å². The third kappa shape index (κ3) is 6.84. The van der Waals surface area contributed by atoms with Gasteiger partial charge >= 0.3 is 0 Å². The average Bonchev–Trinajstić information content (AvgIpc) is 3.38. The van der Waals surface area contributed by atoms with Gasteiger partial charge in [-0.05, 0) is 65.2 Å². The summed E-state index contributed by atoms with van der Waals surface area (Å²) < 4.78 is 2.44. The molecular formula is C42H39IrN3-2. The maximum atomic E-state index is 4.65. The van der Waals surface area contributed by atoms with Crippen molar-refractivity contribution in [2.24, 2.45) is 5.92 Å². The molecule has 46 heavy (non-hydrogen) atoms. The largest absolute Gasteiger partial charge is 0.380 e. The van der Waals surface area contributed by atoms with Crippen molar-refractivity contribution >= 4 is 21.8 Å². The molecule has 0 spiro atoms. The van der Waals surface area contributed by atoms with E-state index in [0.717, 1.165) is 41.0 Å². The van der Waals surface area contributed by atoms with Gasteiger partial charge in [0.25, 0.3) is 0 Å². The molecule has 0 saturated carbocycles. The average molecular weight is 778 g/mol. The Morgan fingerprint density at radius 2 is 1.52 bits per heavy atom. The molecule has 0 N–H and O–H groups in total. The minimum absolute atomic E-state index is 0. The molecule has 4 aromatic carbocycles. The van der Waals surface area contributed by atoms with E-state index in [1.807, 2.05) is 48.8 Å². The van der Waals surface area contributed by atoms with Crippen LogP contribution in [0.15, 0.2) is 122 Å². The van der Waals surface area contributed by atoms with Crippen molar-refractivity contribution in [1.29, 1.82) is 0 Å². The Morgan fingerprint density at radius 1 is 0.783 bits per heavy atom. The number of rotatable bonds is 6. The molecule has 1 radical (unpaired) electrons. The van der Waals surface area contributed by atoms with Crippen LogP contribution < -0.4 is 0 Å². The molecule has 7 aromatic rings. The normalized spacial score (nSPS) is 10.9. The van der Waals surface area contributed by atoms with Gasteiger partial charge in [0.2, 0.25) is 0 Å². The first kappa shape index (κ1) is 32.9. The van der Waals surface area contributed by atoms with Crippen molar-refractivity contribution in [3.63, 3.8) is 0 Å². The van der Waals surface area contributed by atoms with Gasteiger partial charge in [0.05, 0.1) is 0 Å². The molecule has 3 aromatic heterocycles. The van der Waals surface area contributed by atoms with Gasteiger partial charge in [-0.1, -0.05) is 92.4 Å². The Bertz CT molecular complexity index is 2080. The molecular weight excluding hydrogens is 739 g/mol. The summed E-state index contributed by atoms with van der Waals surface area (Å²) in [5, 5.41) is 2.58. The van der Waals surface area contributed by atoms with Crippen LogP contribution in [-0.2, 0) is 33.1 Å². The Kier molecular flexibility index (Phi) is 10.5. The summed E-state index contributed by atoms with van der Waals surface area (Å²) >= 11 is 0. The molecule has 0 saturated heterocycles. The second-order valence-corrected chi connectivity index (χ2v) is 12.0. The number of benzene rings is 4. The van der Waals surface area contributed by atoms with Crippen LogP contribution in [0.3, 0.4) is 0 Å². The number of aryl methyl sites for hydroxylation is 2. The summed E-state index contributed by atoms with van der Waals surface area (Å²) in [6.07, 6.45) is 4.85. The van der Waals surface area contributed by atoms with Crippen molar-refractivity contribution in [2.75, 3.05) is 0 Å². The monoisotopic (exact) mass is 778 g/mol. The molecule has 0 bridgehead atoms. The Hall–Kier alpha value is -4.50. The molecule has 4 heteroatoms. The van der Waals surface area contributed by atoms with Crippen molar-refractivity contribution in [1.82, 2.24) is 14.5 Å². The Labute approximate surface area is 286 Å². The Morgan fingerprint density at radius 3 is 2.26 bits per heavy atom. The number of aromatic nitrogens is 3. The third-order valence-electron chi connectivity index (χ3n) is 8.19. The summed E-state index contributed by atoms with van der Waals surface area (Å²) in [5.74, 6) is 0.572. The quantitative estimate of drug-likeness (QED) is 0.158. The molecule has 0 aliphatic carbocycles. The number of nitrogens with zero attached hydrogens (tertiary/aromatic N) is 3. The Balaban J connectivity index is 0.000000179. The zero-order valence-corrected chi connectivity index (χ0v) is 29.3. The second kappa shape index (κ2) is 14.7. The summed E-state index contributed by atoms with van der Waals surface area (Å²) in [5.41, 5.74) is 12.7. The number of para-hydroxylation sites is 1. The van der Waals surface area contributed by atoms with E-state index in [1.165, 1.54) is 44.1 Å². The third-order valence-corrected chi connectivity index (χ3v) is 8.19. The first-order chi connectivity index (χ1) is 21.9. The van der Waals surface area contributed by atoms with E-state index in [4.69, 9.17) is 0 Å². The summed E-state index contributed by atoms with van der Waals surface area (Å²) in [4.78, 5) is 9.26. The van der Waals surface area contributed by atoms with Crippen LogP contribution in [0.4, 0.5) is 0 Å². The van der Waals surface area contributed by atoms with Crippen LogP contribution in [0.5, 0.6) is 0 Å². The van der Waals surface area contributed by atoms with E-state index in [9.17, 15) is 0 Å². The van der Waals surface area contributed by atoms with Crippen LogP contribution in [0.2, 0.25) is 0 Å². The summed E-state index contributed by atoms with van der Waals surface area (Å²) in [6, 6.07) is 41.2. The predicted octanol–water partition coefficient (Wildman–Crippen LogP) is 10.8. The smallest absolute Gasteiger partial charge is 0.0391 e. The van der Waals surface area contributed by atoms with E-state index in [-0.39, 0.29) is 20.1 Å². The molecule has 7 rings (SSSR count). The fourth-order valence-corrected chi connectivity index (χ4v) is 6.05. The standard InChI is InChI=1S/C22H21N2.C20H18N.Ir/c1-15(2)14-24-21-10-5-4-7-17(21)18-8-6-9-19(22(18)24)20-13-16(3)11-12-23-20;1-3-16-13-20(18-12-8-7-9-15(18)2)21-14-19(16)17-10-5-4-6-11-17;/h4-8,10-13,15H,14H2,1-3H3;4-14H,2-3H2,1H3;/q2*-1;. The van der Waals surface area contributed by atoms with Crippen LogP contribution in [0.25, 0.3) is 55.4 Å². The number of pyridine rings is 2. The summed E-state index contributed by atoms with van der Waals surface area (Å²) in [6.45, 7) is 13.9. The first-order valence-electron chi connectivity index (χ1n) is 15.7. The van der Waals surface area contributed by atoms with E-state index in [0.29, 0.717) is 5.92 Å². The molecule has 3 nitrogen and oxygen atoms in total. The zero-order chi connectivity index (χ0) is 31.3. The van der Waals surface area contributed by atoms with E-state index >= 15 is 0 Å². The topological polar surface area (TPSA) is 30.7 Å². The summed E-state index contributed by atoms with van der Waals surface area (Å²) in [7, 11) is 0. The van der Waals surface area contributed by atoms with Gasteiger partial charge in [-0.2, -0.15) is 18.6 Å². The van der Waals surface area contributed by atoms with E-state index < -0.39 is 0 Å². The minimum atomic E-state index is 0. The fourth-order valence-electron chi connectivity index (χ4n) is 6.05. The zero-order valence-electron chi connectivity index (χ0n) is 26.9. The molecule has 0 aliphatic heterocycles. The molecule has 0 fully saturated rings. The van der Waals surface area contributed by atoms with Gasteiger partial charge in [0, 0.05) is 55.8 Å². The van der Waals surface area contributed by atoms with Crippen LogP contribution in [-0.4, -0.2) is 14.5 Å². The number of fused-ring (bicyclic) bond motifs is 3. The molecule has 0 atom stereocenters. The molecule has 0 unspecified atom stereocenters. The first-order valence-corrected chi connectivity index (χ1v) is 15.7. The van der Waals surface area contributed by atoms with Gasteiger partial charge in [-0.25, -0.2) is 0 Å². The van der Waals surface area contributed by atoms with Gasteiger partial charge in [-0.15, -0.1) is 41.5 Å². The van der Waals surface area contributed by atoms with E-state index in [2.05, 4.69) is 128 Å². The molecule has 233 valence electrons. The van der Waals surface area contributed by atoms with Crippen LogP contribution >= 0.6 is 0 Å². The number of hydrogen-bond acceptors (Lipinski definition) is 2. The van der Waals surface area contributed by atoms with Crippen molar-refractivity contribution in [3.05, 3.63) is 151 Å². The number of hydrogen-bond donors (Lipinski definition) is 0. The van der Waals surface area contributed by atoms with Gasteiger partial charge in [0.15, 0.2) is 0 Å². The van der Waals surface area contributed by atoms with Gasteiger partial charge < -0.3 is 9.55 Å². The SMILES string of the molecule is Cc1ccnc(-c2[c-]ccc3c4ccccc4n(CC(C)C)c23)c1.[CH2-]c1ccccc1-c1cc(CC)c(-c2ccccc2)cn1.[Ir]. The maximum Gasteiger partial charge on any atom is 0.0391 e. The second-order valence-electron chi connectivity index (χ2n) is 12.0. The van der Waals surface area contributed by atoms with Crippen LogP contribution in [0.1, 0.15) is 37.5 Å². The van der Waals surface area contributed by atoms with Crippen molar-refractivity contribution in [2.45, 2.75) is 40.7 Å². The predicted molar refractivity (Wildman–Crippen MR) is 190 cm³/mol. The molecule has 3 heterocycles. The van der Waals surface area contributed by atoms with Crippen molar-refractivity contribution < 1.29 is 20.1 Å². The van der Waals surface area contributed by atoms with Crippen molar-refractivity contribution in [3.8, 4) is 33.6 Å².